The van der Waals surface area contributed by atoms with Crippen LogP contribution in [0.1, 0.15) is 30.9 Å². The van der Waals surface area contributed by atoms with E-state index in [9.17, 15) is 4.79 Å². The Labute approximate surface area is 99.8 Å². The molecule has 0 bridgehead atoms. The van der Waals surface area contributed by atoms with Gasteiger partial charge in [-0.05, 0) is 17.0 Å². The van der Waals surface area contributed by atoms with Crippen LogP contribution in [0.3, 0.4) is 0 Å². The van der Waals surface area contributed by atoms with Crippen LogP contribution in [0.5, 0.6) is 0 Å². The summed E-state index contributed by atoms with van der Waals surface area (Å²) < 4.78 is 0. The Hall–Kier alpha value is -1.81. The first-order valence-electron chi connectivity index (χ1n) is 5.73. The zero-order chi connectivity index (χ0) is 12.4. The van der Waals surface area contributed by atoms with Crippen LogP contribution in [-0.2, 0) is 6.54 Å². The number of hydrogen-bond donors (Lipinski definition) is 3. The van der Waals surface area contributed by atoms with Gasteiger partial charge in [-0.3, -0.25) is 15.0 Å². The summed E-state index contributed by atoms with van der Waals surface area (Å²) in [5, 5.41) is 5.44. The predicted molar refractivity (Wildman–Crippen MR) is 68.8 cm³/mol. The van der Waals surface area contributed by atoms with E-state index in [2.05, 4.69) is 36.2 Å². The van der Waals surface area contributed by atoms with Crippen molar-refractivity contribution < 1.29 is 0 Å². The minimum absolute atomic E-state index is 0.143. The van der Waals surface area contributed by atoms with Crippen LogP contribution < -0.4 is 11.3 Å². The van der Waals surface area contributed by atoms with Crippen LogP contribution in [0.4, 0.5) is 0 Å². The van der Waals surface area contributed by atoms with Crippen LogP contribution in [-0.4, -0.2) is 10.2 Å². The summed E-state index contributed by atoms with van der Waals surface area (Å²) in [5.41, 5.74) is 9.07. The Balaban J connectivity index is 2.43. The normalized spacial score (nSPS) is 11.1. The number of aromatic amines is 2. The van der Waals surface area contributed by atoms with Crippen molar-refractivity contribution in [2.24, 2.45) is 5.73 Å². The van der Waals surface area contributed by atoms with Crippen molar-refractivity contribution in [2.75, 3.05) is 0 Å². The fourth-order valence-corrected chi connectivity index (χ4v) is 1.86. The van der Waals surface area contributed by atoms with Gasteiger partial charge in [0.05, 0.1) is 11.3 Å². The first-order valence-corrected chi connectivity index (χ1v) is 5.73. The highest BCUT2D eigenvalue weighted by molar-refractivity contribution is 5.62. The lowest BCUT2D eigenvalue weighted by molar-refractivity contribution is 0.867. The van der Waals surface area contributed by atoms with Crippen molar-refractivity contribution in [3.05, 3.63) is 45.7 Å². The smallest absolute Gasteiger partial charge is 0.269 e. The molecule has 0 atom stereocenters. The van der Waals surface area contributed by atoms with Gasteiger partial charge in [0.15, 0.2) is 0 Å². The Morgan fingerprint density at radius 2 is 1.82 bits per heavy atom. The topological polar surface area (TPSA) is 74.7 Å². The van der Waals surface area contributed by atoms with E-state index in [1.807, 2.05) is 12.1 Å². The molecule has 0 saturated carbocycles. The van der Waals surface area contributed by atoms with Gasteiger partial charge < -0.3 is 5.73 Å². The van der Waals surface area contributed by atoms with Crippen molar-refractivity contribution in [1.82, 2.24) is 10.2 Å². The van der Waals surface area contributed by atoms with Gasteiger partial charge in [0.2, 0.25) is 0 Å². The van der Waals surface area contributed by atoms with Gasteiger partial charge in [-0.2, -0.15) is 0 Å². The SMILES string of the molecule is CC(C)c1ccc(-c2[nH][nH]c(=O)c2CN)cc1. The molecule has 4 N–H and O–H groups in total. The van der Waals surface area contributed by atoms with E-state index in [4.69, 9.17) is 5.73 Å². The van der Waals surface area contributed by atoms with Crippen LogP contribution in [0.2, 0.25) is 0 Å². The highest BCUT2D eigenvalue weighted by Crippen LogP contribution is 2.22. The highest BCUT2D eigenvalue weighted by Gasteiger charge is 2.10. The standard InChI is InChI=1S/C13H17N3O/c1-8(2)9-3-5-10(6-4-9)12-11(7-14)13(17)16-15-12/h3-6,8H,7,14H2,1-2H3,(H2,15,16,17). The zero-order valence-electron chi connectivity index (χ0n) is 10.1. The molecule has 0 aliphatic carbocycles. The van der Waals surface area contributed by atoms with E-state index < -0.39 is 0 Å². The molecule has 0 amide bonds. The molecule has 0 unspecified atom stereocenters. The third-order valence-corrected chi connectivity index (χ3v) is 2.95. The first kappa shape index (κ1) is 11.7. The monoisotopic (exact) mass is 231 g/mol. The lowest BCUT2D eigenvalue weighted by Gasteiger charge is -2.06. The predicted octanol–water partition coefficient (Wildman–Crippen LogP) is 1.95. The second-order valence-electron chi connectivity index (χ2n) is 4.41. The second-order valence-corrected chi connectivity index (χ2v) is 4.41. The summed E-state index contributed by atoms with van der Waals surface area (Å²) in [7, 11) is 0. The number of hydrogen-bond acceptors (Lipinski definition) is 2. The summed E-state index contributed by atoms with van der Waals surface area (Å²) in [6, 6.07) is 8.17. The van der Waals surface area contributed by atoms with Crippen molar-refractivity contribution in [1.29, 1.82) is 0 Å². The average molecular weight is 231 g/mol. The molecule has 1 heterocycles. The Kier molecular flexibility index (Phi) is 3.15. The van der Waals surface area contributed by atoms with Gasteiger partial charge in [-0.1, -0.05) is 38.1 Å². The Bertz CT molecular complexity index is 549. The molecule has 90 valence electrons. The summed E-state index contributed by atoms with van der Waals surface area (Å²) in [6.45, 7) is 4.54. The van der Waals surface area contributed by atoms with Gasteiger partial charge in [-0.25, -0.2) is 0 Å². The van der Waals surface area contributed by atoms with Gasteiger partial charge in [-0.15, -0.1) is 0 Å². The molecule has 0 fully saturated rings. The van der Waals surface area contributed by atoms with E-state index in [0.29, 0.717) is 11.5 Å². The number of rotatable bonds is 3. The zero-order valence-corrected chi connectivity index (χ0v) is 10.1. The molecule has 2 rings (SSSR count). The lowest BCUT2D eigenvalue weighted by Crippen LogP contribution is -2.10. The quantitative estimate of drug-likeness (QED) is 0.755. The molecule has 0 radical (unpaired) electrons. The largest absolute Gasteiger partial charge is 0.326 e. The molecule has 4 heteroatoms. The Morgan fingerprint density at radius 1 is 1.18 bits per heavy atom. The minimum Gasteiger partial charge on any atom is -0.326 e. The molecule has 0 aliphatic heterocycles. The van der Waals surface area contributed by atoms with Crippen molar-refractivity contribution in [2.45, 2.75) is 26.3 Å². The number of benzene rings is 1. The van der Waals surface area contributed by atoms with E-state index in [-0.39, 0.29) is 12.1 Å². The van der Waals surface area contributed by atoms with Crippen LogP contribution >= 0.6 is 0 Å². The first-order chi connectivity index (χ1) is 8.13. The Morgan fingerprint density at radius 3 is 2.35 bits per heavy atom. The number of aromatic nitrogens is 2. The molecule has 2 aromatic rings. The van der Waals surface area contributed by atoms with Crippen LogP contribution in [0.15, 0.2) is 29.1 Å². The molecule has 4 nitrogen and oxygen atoms in total. The van der Waals surface area contributed by atoms with Crippen molar-refractivity contribution in [3.63, 3.8) is 0 Å². The molecular weight excluding hydrogens is 214 g/mol. The fourth-order valence-electron chi connectivity index (χ4n) is 1.86. The van der Waals surface area contributed by atoms with Gasteiger partial charge in [0, 0.05) is 6.54 Å². The molecule has 1 aromatic carbocycles. The van der Waals surface area contributed by atoms with Gasteiger partial charge in [0.25, 0.3) is 5.56 Å². The lowest BCUT2D eigenvalue weighted by atomic mass is 10.00. The maximum Gasteiger partial charge on any atom is 0.269 e. The van der Waals surface area contributed by atoms with Crippen molar-refractivity contribution in [3.8, 4) is 11.3 Å². The minimum atomic E-state index is -0.143. The van der Waals surface area contributed by atoms with Gasteiger partial charge in [0.1, 0.15) is 0 Å². The summed E-state index contributed by atoms with van der Waals surface area (Å²) in [5.74, 6) is 0.503. The second kappa shape index (κ2) is 4.59. The molecule has 17 heavy (non-hydrogen) atoms. The van der Waals surface area contributed by atoms with Crippen LogP contribution in [0, 0.1) is 0 Å². The molecule has 0 saturated heterocycles. The number of H-pyrrole nitrogens is 2. The molecular formula is C13H17N3O. The maximum absolute atomic E-state index is 11.5. The fraction of sp³-hybridized carbons (Fsp3) is 0.308. The average Bonchev–Trinajstić information content (AvgIpc) is 2.70. The highest BCUT2D eigenvalue weighted by atomic mass is 16.1. The van der Waals surface area contributed by atoms with E-state index in [0.717, 1.165) is 11.3 Å². The van der Waals surface area contributed by atoms with E-state index in [1.54, 1.807) is 0 Å². The number of nitrogens with one attached hydrogen (secondary N) is 2. The van der Waals surface area contributed by atoms with E-state index in [1.165, 1.54) is 5.56 Å². The van der Waals surface area contributed by atoms with E-state index >= 15 is 0 Å². The summed E-state index contributed by atoms with van der Waals surface area (Å²) in [6.07, 6.45) is 0. The number of nitrogens with two attached hydrogens (primary N) is 1. The van der Waals surface area contributed by atoms with Gasteiger partial charge >= 0.3 is 0 Å². The summed E-state index contributed by atoms with van der Waals surface area (Å²) >= 11 is 0. The third-order valence-electron chi connectivity index (χ3n) is 2.95. The maximum atomic E-state index is 11.5. The molecule has 0 spiro atoms. The molecule has 1 aromatic heterocycles. The van der Waals surface area contributed by atoms with Crippen LogP contribution in [0.25, 0.3) is 11.3 Å². The molecule has 0 aliphatic rings. The summed E-state index contributed by atoms with van der Waals surface area (Å²) in [4.78, 5) is 11.5. The van der Waals surface area contributed by atoms with Crippen molar-refractivity contribution >= 4 is 0 Å². The third kappa shape index (κ3) is 2.17.